The molecule has 1 amide bonds. The number of benzene rings is 1. The maximum Gasteiger partial charge on any atom is 0.242 e. The molecule has 2 aromatic rings. The fraction of sp³-hybridized carbons (Fsp3) is 0.467. The number of nitrogens with zero attached hydrogens (tertiary/aromatic N) is 4. The topological polar surface area (TPSA) is 81.9 Å². The Bertz CT molecular complexity index is 608. The van der Waals surface area contributed by atoms with Gasteiger partial charge in [-0.15, -0.1) is 5.10 Å². The summed E-state index contributed by atoms with van der Waals surface area (Å²) in [6, 6.07) is 7.84. The summed E-state index contributed by atoms with van der Waals surface area (Å²) >= 11 is 0. The fourth-order valence-corrected chi connectivity index (χ4v) is 2.60. The van der Waals surface area contributed by atoms with Crippen LogP contribution in [0, 0.1) is 0 Å². The number of carbonyl (C=O) groups is 1. The second-order valence-electron chi connectivity index (χ2n) is 5.42. The van der Waals surface area contributed by atoms with Crippen molar-refractivity contribution < 1.29 is 9.53 Å². The number of carbonyl (C=O) groups excluding carboxylic acids is 1. The quantitative estimate of drug-likeness (QED) is 0.870. The molecule has 0 unspecified atom stereocenters. The van der Waals surface area contributed by atoms with Crippen LogP contribution < -0.4 is 10.1 Å². The second-order valence-corrected chi connectivity index (χ2v) is 5.42. The number of ether oxygens (including phenoxy) is 1. The third-order valence-electron chi connectivity index (χ3n) is 3.74. The first-order chi connectivity index (χ1) is 10.8. The van der Waals surface area contributed by atoms with E-state index in [0.717, 1.165) is 24.2 Å². The molecule has 7 nitrogen and oxygen atoms in total. The molecule has 1 saturated carbocycles. The van der Waals surface area contributed by atoms with Crippen LogP contribution in [-0.4, -0.2) is 32.2 Å². The van der Waals surface area contributed by atoms with Crippen LogP contribution in [0.5, 0.6) is 5.75 Å². The summed E-state index contributed by atoms with van der Waals surface area (Å²) in [6.07, 6.45) is 6.40. The van der Waals surface area contributed by atoms with Gasteiger partial charge in [0, 0.05) is 12.1 Å². The normalized spacial score (nSPS) is 14.9. The maximum atomic E-state index is 11.9. The summed E-state index contributed by atoms with van der Waals surface area (Å²) in [5.74, 6) is 0.722. The standard InChI is InChI=1S/C15H19N5O2/c21-15(10-20-11-17-18-19-20)16-9-12-5-1-4-8-14(12)22-13-6-2-3-7-13/h1,4-5,8,11,13H,2-3,6-7,9-10H2,(H,16,21). The molecule has 1 fully saturated rings. The van der Waals surface area contributed by atoms with E-state index in [9.17, 15) is 4.79 Å². The molecule has 0 spiro atoms. The van der Waals surface area contributed by atoms with Gasteiger partial charge in [-0.2, -0.15) is 0 Å². The van der Waals surface area contributed by atoms with Crippen LogP contribution in [0.2, 0.25) is 0 Å². The van der Waals surface area contributed by atoms with Gasteiger partial charge in [0.25, 0.3) is 0 Å². The van der Waals surface area contributed by atoms with Gasteiger partial charge in [0.1, 0.15) is 18.6 Å². The van der Waals surface area contributed by atoms with Crippen LogP contribution in [-0.2, 0) is 17.9 Å². The number of hydrogen-bond acceptors (Lipinski definition) is 5. The van der Waals surface area contributed by atoms with Crippen molar-refractivity contribution in [1.82, 2.24) is 25.5 Å². The van der Waals surface area contributed by atoms with Crippen molar-refractivity contribution in [2.45, 2.75) is 44.9 Å². The van der Waals surface area contributed by atoms with E-state index in [-0.39, 0.29) is 12.5 Å². The molecule has 0 saturated heterocycles. The predicted octanol–water partition coefficient (Wildman–Crippen LogP) is 1.31. The van der Waals surface area contributed by atoms with Crippen molar-refractivity contribution in [1.29, 1.82) is 0 Å². The minimum atomic E-state index is -0.136. The number of amides is 1. The van der Waals surface area contributed by atoms with E-state index in [4.69, 9.17) is 4.74 Å². The lowest BCUT2D eigenvalue weighted by atomic mass is 10.2. The molecule has 0 atom stereocenters. The minimum absolute atomic E-state index is 0.110. The molecule has 0 bridgehead atoms. The van der Waals surface area contributed by atoms with Crippen LogP contribution in [0.4, 0.5) is 0 Å². The summed E-state index contributed by atoms with van der Waals surface area (Å²) in [5, 5.41) is 13.5. The van der Waals surface area contributed by atoms with Gasteiger partial charge in [-0.25, -0.2) is 4.68 Å². The highest BCUT2D eigenvalue weighted by Gasteiger charge is 2.17. The third-order valence-corrected chi connectivity index (χ3v) is 3.74. The zero-order chi connectivity index (χ0) is 15.2. The maximum absolute atomic E-state index is 11.9. The van der Waals surface area contributed by atoms with Crippen molar-refractivity contribution in [3.8, 4) is 5.75 Å². The Hall–Kier alpha value is -2.44. The first-order valence-electron chi connectivity index (χ1n) is 7.53. The van der Waals surface area contributed by atoms with Gasteiger partial charge in [0.05, 0.1) is 6.10 Å². The minimum Gasteiger partial charge on any atom is -0.490 e. The van der Waals surface area contributed by atoms with E-state index in [0.29, 0.717) is 12.6 Å². The lowest BCUT2D eigenvalue weighted by Crippen LogP contribution is -2.27. The van der Waals surface area contributed by atoms with E-state index in [1.165, 1.54) is 23.9 Å². The number of rotatable bonds is 6. The van der Waals surface area contributed by atoms with Crippen LogP contribution in [0.25, 0.3) is 0 Å². The number of hydrogen-bond donors (Lipinski definition) is 1. The largest absolute Gasteiger partial charge is 0.490 e. The summed E-state index contributed by atoms with van der Waals surface area (Å²) in [5.41, 5.74) is 0.986. The molecular formula is C15H19N5O2. The molecule has 116 valence electrons. The highest BCUT2D eigenvalue weighted by atomic mass is 16.5. The highest BCUT2D eigenvalue weighted by Crippen LogP contribution is 2.26. The summed E-state index contributed by atoms with van der Waals surface area (Å²) < 4.78 is 7.44. The Morgan fingerprint density at radius 1 is 1.32 bits per heavy atom. The Kier molecular flexibility index (Phi) is 4.62. The van der Waals surface area contributed by atoms with Gasteiger partial charge in [-0.3, -0.25) is 4.79 Å². The molecule has 3 rings (SSSR count). The smallest absolute Gasteiger partial charge is 0.242 e. The Balaban J connectivity index is 1.56. The van der Waals surface area contributed by atoms with Gasteiger partial charge in [0.15, 0.2) is 0 Å². The van der Waals surface area contributed by atoms with Crippen LogP contribution in [0.3, 0.4) is 0 Å². The van der Waals surface area contributed by atoms with E-state index in [2.05, 4.69) is 20.8 Å². The van der Waals surface area contributed by atoms with Gasteiger partial charge in [-0.05, 0) is 42.2 Å². The molecule has 1 aliphatic carbocycles. The Morgan fingerprint density at radius 2 is 2.14 bits per heavy atom. The van der Waals surface area contributed by atoms with E-state index >= 15 is 0 Å². The summed E-state index contributed by atoms with van der Waals surface area (Å²) in [6.45, 7) is 0.544. The number of nitrogens with one attached hydrogen (secondary N) is 1. The molecule has 1 aliphatic rings. The van der Waals surface area contributed by atoms with Crippen molar-refractivity contribution in [2.24, 2.45) is 0 Å². The van der Waals surface area contributed by atoms with Crippen molar-refractivity contribution in [3.63, 3.8) is 0 Å². The summed E-state index contributed by atoms with van der Waals surface area (Å²) in [7, 11) is 0. The number of tetrazole rings is 1. The molecule has 1 N–H and O–H groups in total. The zero-order valence-corrected chi connectivity index (χ0v) is 12.3. The van der Waals surface area contributed by atoms with Crippen molar-refractivity contribution in [3.05, 3.63) is 36.2 Å². The predicted molar refractivity (Wildman–Crippen MR) is 79.0 cm³/mol. The zero-order valence-electron chi connectivity index (χ0n) is 12.3. The Morgan fingerprint density at radius 3 is 2.91 bits per heavy atom. The van der Waals surface area contributed by atoms with Gasteiger partial charge < -0.3 is 10.1 Å². The lowest BCUT2D eigenvalue weighted by molar-refractivity contribution is -0.122. The third kappa shape index (κ3) is 3.81. The summed E-state index contributed by atoms with van der Waals surface area (Å²) in [4.78, 5) is 11.9. The molecule has 1 aromatic carbocycles. The average molecular weight is 301 g/mol. The van der Waals surface area contributed by atoms with Crippen LogP contribution in [0.15, 0.2) is 30.6 Å². The number of aromatic nitrogens is 4. The van der Waals surface area contributed by atoms with Gasteiger partial charge in [0.2, 0.25) is 5.91 Å². The van der Waals surface area contributed by atoms with Crippen LogP contribution >= 0.6 is 0 Å². The molecule has 22 heavy (non-hydrogen) atoms. The molecule has 7 heteroatoms. The average Bonchev–Trinajstić information content (AvgIpc) is 3.20. The Labute approximate surface area is 128 Å². The monoisotopic (exact) mass is 301 g/mol. The fourth-order valence-electron chi connectivity index (χ4n) is 2.60. The lowest BCUT2D eigenvalue weighted by Gasteiger charge is -2.16. The highest BCUT2D eigenvalue weighted by molar-refractivity contribution is 5.75. The first kappa shape index (κ1) is 14.5. The molecular weight excluding hydrogens is 282 g/mol. The van der Waals surface area contributed by atoms with E-state index < -0.39 is 0 Å². The molecule has 0 aliphatic heterocycles. The molecule has 1 heterocycles. The van der Waals surface area contributed by atoms with Crippen molar-refractivity contribution >= 4 is 5.91 Å². The first-order valence-corrected chi connectivity index (χ1v) is 7.53. The van der Waals surface area contributed by atoms with Crippen LogP contribution in [0.1, 0.15) is 31.2 Å². The van der Waals surface area contributed by atoms with Gasteiger partial charge >= 0.3 is 0 Å². The number of para-hydroxylation sites is 1. The van der Waals surface area contributed by atoms with Gasteiger partial charge in [-0.1, -0.05) is 18.2 Å². The van der Waals surface area contributed by atoms with Crippen molar-refractivity contribution in [2.75, 3.05) is 0 Å². The van der Waals surface area contributed by atoms with E-state index in [1.807, 2.05) is 24.3 Å². The second kappa shape index (κ2) is 7.02. The van der Waals surface area contributed by atoms with E-state index in [1.54, 1.807) is 0 Å². The SMILES string of the molecule is O=C(Cn1cnnn1)NCc1ccccc1OC1CCCC1. The molecule has 0 radical (unpaired) electrons. The molecule has 1 aromatic heterocycles.